The summed E-state index contributed by atoms with van der Waals surface area (Å²) >= 11 is 1.29. The molecule has 8 heteroatoms. The third-order valence-electron chi connectivity index (χ3n) is 4.53. The van der Waals surface area contributed by atoms with Gasteiger partial charge in [0.05, 0.1) is 11.4 Å². The SMILES string of the molecule is CC(=O)N(c1nc(COC(=O)c2c(C)cc(=O)oc2C)cs1)c1ccc(C)cc1C. The number of nitrogens with zero attached hydrogens (tertiary/aromatic N) is 2. The molecule has 0 N–H and O–H groups in total. The Balaban J connectivity index is 1.79. The lowest BCUT2D eigenvalue weighted by Crippen LogP contribution is -2.23. The number of hydrogen-bond acceptors (Lipinski definition) is 7. The summed E-state index contributed by atoms with van der Waals surface area (Å²) in [5.41, 5.74) is 3.56. The Morgan fingerprint density at radius 3 is 2.50 bits per heavy atom. The number of esters is 1. The van der Waals surface area contributed by atoms with E-state index in [4.69, 9.17) is 9.15 Å². The third-order valence-corrected chi connectivity index (χ3v) is 5.40. The normalized spacial score (nSPS) is 10.7. The largest absolute Gasteiger partial charge is 0.455 e. The predicted molar refractivity (Wildman–Crippen MR) is 114 cm³/mol. The maximum atomic E-state index is 12.4. The number of amides is 1. The van der Waals surface area contributed by atoms with Crippen LogP contribution < -0.4 is 10.5 Å². The summed E-state index contributed by atoms with van der Waals surface area (Å²) in [4.78, 5) is 42.2. The van der Waals surface area contributed by atoms with Gasteiger partial charge in [-0.3, -0.25) is 9.69 Å². The smallest absolute Gasteiger partial charge is 0.342 e. The summed E-state index contributed by atoms with van der Waals surface area (Å²) in [6.07, 6.45) is 0. The van der Waals surface area contributed by atoms with E-state index in [2.05, 4.69) is 4.98 Å². The summed E-state index contributed by atoms with van der Waals surface area (Å²) in [5.74, 6) is -0.548. The molecule has 7 nitrogen and oxygen atoms in total. The minimum atomic E-state index is -0.596. The van der Waals surface area contributed by atoms with Crippen molar-refractivity contribution < 1.29 is 18.7 Å². The highest BCUT2D eigenvalue weighted by molar-refractivity contribution is 7.14. The average molecular weight is 426 g/mol. The standard InChI is InChI=1S/C22H22N2O5S/c1-12-6-7-18(13(2)8-12)24(16(5)25)22-23-17(11-30-22)10-28-21(27)20-14(3)9-19(26)29-15(20)4/h6-9,11H,10H2,1-5H3. The van der Waals surface area contributed by atoms with Gasteiger partial charge >= 0.3 is 11.6 Å². The molecular weight excluding hydrogens is 404 g/mol. The molecule has 0 aliphatic carbocycles. The molecule has 30 heavy (non-hydrogen) atoms. The van der Waals surface area contributed by atoms with E-state index in [-0.39, 0.29) is 23.8 Å². The summed E-state index contributed by atoms with van der Waals surface area (Å²) < 4.78 is 10.3. The molecule has 156 valence electrons. The number of ether oxygens (including phenoxy) is 1. The molecule has 0 radical (unpaired) electrons. The number of carbonyl (C=O) groups excluding carboxylic acids is 2. The monoisotopic (exact) mass is 426 g/mol. The number of carbonyl (C=O) groups is 2. The van der Waals surface area contributed by atoms with Crippen LogP contribution >= 0.6 is 11.3 Å². The van der Waals surface area contributed by atoms with Crippen molar-refractivity contribution in [1.82, 2.24) is 4.98 Å². The quantitative estimate of drug-likeness (QED) is 0.563. The van der Waals surface area contributed by atoms with Crippen LogP contribution in [0.2, 0.25) is 0 Å². The number of aryl methyl sites for hydroxylation is 4. The van der Waals surface area contributed by atoms with Crippen LogP contribution in [0.15, 0.2) is 38.9 Å². The van der Waals surface area contributed by atoms with Crippen molar-refractivity contribution in [2.24, 2.45) is 0 Å². The molecule has 0 atom stereocenters. The van der Waals surface area contributed by atoms with Gasteiger partial charge in [-0.2, -0.15) is 0 Å². The lowest BCUT2D eigenvalue weighted by atomic mass is 10.1. The lowest BCUT2D eigenvalue weighted by Gasteiger charge is -2.20. The zero-order valence-corrected chi connectivity index (χ0v) is 18.3. The van der Waals surface area contributed by atoms with E-state index in [1.54, 1.807) is 24.1 Å². The molecule has 0 spiro atoms. The van der Waals surface area contributed by atoms with Crippen molar-refractivity contribution in [3.63, 3.8) is 0 Å². The summed E-state index contributed by atoms with van der Waals surface area (Å²) in [7, 11) is 0. The molecule has 2 heterocycles. The van der Waals surface area contributed by atoms with Gasteiger partial charge in [-0.1, -0.05) is 17.7 Å². The van der Waals surface area contributed by atoms with Crippen molar-refractivity contribution in [1.29, 1.82) is 0 Å². The van der Waals surface area contributed by atoms with Gasteiger partial charge in [-0.05, 0) is 44.9 Å². The molecule has 0 saturated carbocycles. The Hall–Kier alpha value is -3.26. The van der Waals surface area contributed by atoms with Crippen LogP contribution in [0.25, 0.3) is 0 Å². The van der Waals surface area contributed by atoms with Gasteiger partial charge in [0.1, 0.15) is 17.9 Å². The summed E-state index contributed by atoms with van der Waals surface area (Å²) in [5, 5.41) is 2.24. The fourth-order valence-corrected chi connectivity index (χ4v) is 4.07. The average Bonchev–Trinajstić information content (AvgIpc) is 3.09. The maximum absolute atomic E-state index is 12.4. The van der Waals surface area contributed by atoms with Gasteiger partial charge in [0.15, 0.2) is 5.13 Å². The fourth-order valence-electron chi connectivity index (χ4n) is 3.20. The molecule has 0 saturated heterocycles. The Morgan fingerprint density at radius 1 is 1.13 bits per heavy atom. The summed E-state index contributed by atoms with van der Waals surface area (Å²) in [6.45, 7) is 8.54. The second-order valence-electron chi connectivity index (χ2n) is 7.02. The Kier molecular flexibility index (Phi) is 6.17. The first-order chi connectivity index (χ1) is 14.2. The fraction of sp³-hybridized carbons (Fsp3) is 0.273. The topological polar surface area (TPSA) is 89.7 Å². The second-order valence-corrected chi connectivity index (χ2v) is 7.86. The number of anilines is 2. The minimum Gasteiger partial charge on any atom is -0.455 e. The molecule has 0 bridgehead atoms. The molecule has 0 fully saturated rings. The van der Waals surface area contributed by atoms with Gasteiger partial charge in [0, 0.05) is 18.4 Å². The second kappa shape index (κ2) is 8.62. The van der Waals surface area contributed by atoms with Crippen LogP contribution in [0.5, 0.6) is 0 Å². The van der Waals surface area contributed by atoms with Gasteiger partial charge in [-0.15, -0.1) is 11.3 Å². The first-order valence-corrected chi connectivity index (χ1v) is 10.2. The number of aromatic nitrogens is 1. The lowest BCUT2D eigenvalue weighted by molar-refractivity contribution is -0.115. The molecule has 3 rings (SSSR count). The number of thiazole rings is 1. The van der Waals surface area contributed by atoms with E-state index >= 15 is 0 Å². The van der Waals surface area contributed by atoms with Gasteiger partial charge in [0.25, 0.3) is 0 Å². The minimum absolute atomic E-state index is 0.0635. The van der Waals surface area contributed by atoms with Crippen molar-refractivity contribution in [3.8, 4) is 0 Å². The third kappa shape index (κ3) is 4.49. The molecule has 1 amide bonds. The number of benzene rings is 1. The van der Waals surface area contributed by atoms with Crippen LogP contribution in [0.4, 0.5) is 10.8 Å². The van der Waals surface area contributed by atoms with Crippen molar-refractivity contribution in [3.05, 3.63) is 73.8 Å². The van der Waals surface area contributed by atoms with Gasteiger partial charge < -0.3 is 9.15 Å². The van der Waals surface area contributed by atoms with Gasteiger partial charge in [-0.25, -0.2) is 14.6 Å². The van der Waals surface area contributed by atoms with Crippen LogP contribution in [-0.4, -0.2) is 16.9 Å². The zero-order chi connectivity index (χ0) is 22.0. The first-order valence-electron chi connectivity index (χ1n) is 9.28. The Bertz CT molecular complexity index is 1150. The van der Waals surface area contributed by atoms with Crippen LogP contribution in [0.1, 0.15) is 45.4 Å². The molecule has 2 aromatic heterocycles. The van der Waals surface area contributed by atoms with Crippen LogP contribution in [-0.2, 0) is 16.1 Å². The molecular formula is C22H22N2O5S. The summed E-state index contributed by atoms with van der Waals surface area (Å²) in [6, 6.07) is 7.09. The molecule has 0 aliphatic heterocycles. The zero-order valence-electron chi connectivity index (χ0n) is 17.4. The van der Waals surface area contributed by atoms with E-state index < -0.39 is 11.6 Å². The van der Waals surface area contributed by atoms with E-state index in [0.717, 1.165) is 16.8 Å². The van der Waals surface area contributed by atoms with Crippen molar-refractivity contribution in [2.75, 3.05) is 4.90 Å². The molecule has 3 aromatic rings. The Morgan fingerprint density at radius 2 is 1.87 bits per heavy atom. The highest BCUT2D eigenvalue weighted by atomic mass is 32.1. The number of hydrogen-bond donors (Lipinski definition) is 0. The van der Waals surface area contributed by atoms with E-state index in [0.29, 0.717) is 16.4 Å². The van der Waals surface area contributed by atoms with E-state index in [1.807, 2.05) is 32.0 Å². The maximum Gasteiger partial charge on any atom is 0.342 e. The molecule has 0 unspecified atom stereocenters. The van der Waals surface area contributed by atoms with Gasteiger partial charge in [0.2, 0.25) is 5.91 Å². The first kappa shape index (κ1) is 21.4. The molecule has 1 aromatic carbocycles. The van der Waals surface area contributed by atoms with Crippen LogP contribution in [0.3, 0.4) is 0 Å². The predicted octanol–water partition coefficient (Wildman–Crippen LogP) is 4.37. The van der Waals surface area contributed by atoms with E-state index in [1.165, 1.54) is 24.3 Å². The highest BCUT2D eigenvalue weighted by Crippen LogP contribution is 2.32. The molecule has 0 aliphatic rings. The Labute approximate surface area is 177 Å². The van der Waals surface area contributed by atoms with E-state index in [9.17, 15) is 14.4 Å². The highest BCUT2D eigenvalue weighted by Gasteiger charge is 2.21. The van der Waals surface area contributed by atoms with Crippen LogP contribution in [0, 0.1) is 27.7 Å². The van der Waals surface area contributed by atoms with Crippen molar-refractivity contribution in [2.45, 2.75) is 41.2 Å². The number of rotatable bonds is 5. The van der Waals surface area contributed by atoms with Crippen molar-refractivity contribution >= 4 is 34.0 Å².